The molecule has 0 saturated carbocycles. The third-order valence-electron chi connectivity index (χ3n) is 3.52. The third-order valence-corrected chi connectivity index (χ3v) is 4.75. The van der Waals surface area contributed by atoms with Gasteiger partial charge in [-0.25, -0.2) is 9.37 Å². The number of benzene rings is 1. The van der Waals surface area contributed by atoms with Crippen molar-refractivity contribution in [1.82, 2.24) is 9.88 Å². The van der Waals surface area contributed by atoms with Crippen LogP contribution in [0.1, 0.15) is 29.5 Å². The SMILES string of the molecule is Fc1cccc(Cl)c1CN1CCC[C@@H]1c1nccs1. The fourth-order valence-corrected chi connectivity index (χ4v) is 3.61. The summed E-state index contributed by atoms with van der Waals surface area (Å²) in [6, 6.07) is 5.16. The Kier molecular flexibility index (Phi) is 3.82. The van der Waals surface area contributed by atoms with Gasteiger partial charge in [-0.2, -0.15) is 0 Å². The zero-order valence-electron chi connectivity index (χ0n) is 10.4. The van der Waals surface area contributed by atoms with Gasteiger partial charge in [0.25, 0.3) is 0 Å². The molecule has 1 saturated heterocycles. The Morgan fingerprint density at radius 3 is 3.11 bits per heavy atom. The van der Waals surface area contributed by atoms with E-state index in [4.69, 9.17) is 11.6 Å². The monoisotopic (exact) mass is 296 g/mol. The van der Waals surface area contributed by atoms with Crippen molar-refractivity contribution in [3.05, 3.63) is 51.2 Å². The summed E-state index contributed by atoms with van der Waals surface area (Å²) in [5, 5.41) is 3.61. The van der Waals surface area contributed by atoms with E-state index < -0.39 is 0 Å². The van der Waals surface area contributed by atoms with Crippen molar-refractivity contribution in [3.63, 3.8) is 0 Å². The lowest BCUT2D eigenvalue weighted by atomic mass is 10.1. The molecule has 3 rings (SSSR count). The Morgan fingerprint density at radius 2 is 2.37 bits per heavy atom. The van der Waals surface area contributed by atoms with Crippen LogP contribution in [0.15, 0.2) is 29.8 Å². The third kappa shape index (κ3) is 2.66. The Morgan fingerprint density at radius 1 is 1.47 bits per heavy atom. The van der Waals surface area contributed by atoms with Gasteiger partial charge >= 0.3 is 0 Å². The number of likely N-dealkylation sites (tertiary alicyclic amines) is 1. The molecule has 0 radical (unpaired) electrons. The van der Waals surface area contributed by atoms with Crippen LogP contribution in [-0.2, 0) is 6.54 Å². The highest BCUT2D eigenvalue weighted by atomic mass is 35.5. The van der Waals surface area contributed by atoms with Gasteiger partial charge in [-0.1, -0.05) is 17.7 Å². The number of thiazole rings is 1. The van der Waals surface area contributed by atoms with Crippen LogP contribution in [0.4, 0.5) is 4.39 Å². The molecule has 1 aromatic heterocycles. The van der Waals surface area contributed by atoms with Crippen LogP contribution in [0.2, 0.25) is 5.02 Å². The number of rotatable bonds is 3. The first-order valence-electron chi connectivity index (χ1n) is 6.32. The molecule has 0 N–H and O–H groups in total. The van der Waals surface area contributed by atoms with E-state index in [-0.39, 0.29) is 5.82 Å². The van der Waals surface area contributed by atoms with Gasteiger partial charge in [-0.3, -0.25) is 4.90 Å². The average Bonchev–Trinajstić information content (AvgIpc) is 3.04. The van der Waals surface area contributed by atoms with Crippen molar-refractivity contribution < 1.29 is 4.39 Å². The Balaban J connectivity index is 1.83. The van der Waals surface area contributed by atoms with Crippen LogP contribution in [0.5, 0.6) is 0 Å². The number of aromatic nitrogens is 1. The van der Waals surface area contributed by atoms with Gasteiger partial charge in [0.2, 0.25) is 0 Å². The molecule has 1 aliphatic heterocycles. The van der Waals surface area contributed by atoms with Crippen LogP contribution in [0.25, 0.3) is 0 Å². The highest BCUT2D eigenvalue weighted by Gasteiger charge is 2.28. The minimum Gasteiger partial charge on any atom is -0.290 e. The van der Waals surface area contributed by atoms with E-state index in [9.17, 15) is 4.39 Å². The van der Waals surface area contributed by atoms with Gasteiger partial charge in [0.05, 0.1) is 6.04 Å². The summed E-state index contributed by atoms with van der Waals surface area (Å²) in [4.78, 5) is 6.65. The van der Waals surface area contributed by atoms with E-state index in [2.05, 4.69) is 9.88 Å². The molecule has 100 valence electrons. The molecule has 2 aromatic rings. The largest absolute Gasteiger partial charge is 0.290 e. The zero-order chi connectivity index (χ0) is 13.2. The second-order valence-corrected chi connectivity index (χ2v) is 6.03. The predicted molar refractivity (Wildman–Crippen MR) is 75.9 cm³/mol. The van der Waals surface area contributed by atoms with Crippen molar-refractivity contribution in [2.75, 3.05) is 6.54 Å². The van der Waals surface area contributed by atoms with Crippen LogP contribution in [0.3, 0.4) is 0 Å². The van der Waals surface area contributed by atoms with Crippen molar-refractivity contribution in [2.45, 2.75) is 25.4 Å². The smallest absolute Gasteiger partial charge is 0.129 e. The minimum absolute atomic E-state index is 0.225. The minimum atomic E-state index is -0.225. The molecule has 0 bridgehead atoms. The first-order valence-corrected chi connectivity index (χ1v) is 7.58. The molecule has 1 atom stereocenters. The van der Waals surface area contributed by atoms with Crippen LogP contribution in [0, 0.1) is 5.82 Å². The van der Waals surface area contributed by atoms with Crippen molar-refractivity contribution in [2.24, 2.45) is 0 Å². The average molecular weight is 297 g/mol. The molecule has 0 amide bonds. The summed E-state index contributed by atoms with van der Waals surface area (Å²) in [7, 11) is 0. The Bertz CT molecular complexity index is 538. The van der Waals surface area contributed by atoms with Gasteiger partial charge in [0, 0.05) is 28.7 Å². The lowest BCUT2D eigenvalue weighted by Crippen LogP contribution is -2.23. The molecule has 5 heteroatoms. The quantitative estimate of drug-likeness (QED) is 0.841. The summed E-state index contributed by atoms with van der Waals surface area (Å²) in [6.45, 7) is 1.52. The molecule has 0 aliphatic carbocycles. The second kappa shape index (κ2) is 5.57. The van der Waals surface area contributed by atoms with E-state index in [0.29, 0.717) is 23.2 Å². The molecule has 1 aliphatic rings. The van der Waals surface area contributed by atoms with E-state index in [0.717, 1.165) is 24.4 Å². The van der Waals surface area contributed by atoms with Crippen molar-refractivity contribution in [1.29, 1.82) is 0 Å². The Labute approximate surface area is 120 Å². The zero-order valence-corrected chi connectivity index (χ0v) is 11.9. The summed E-state index contributed by atoms with van der Waals surface area (Å²) < 4.78 is 13.8. The molecule has 1 fully saturated rings. The fraction of sp³-hybridized carbons (Fsp3) is 0.357. The normalized spacial score (nSPS) is 20.0. The molecule has 2 heterocycles. The van der Waals surface area contributed by atoms with E-state index in [1.807, 2.05) is 11.6 Å². The van der Waals surface area contributed by atoms with Gasteiger partial charge in [0.15, 0.2) is 0 Å². The fourth-order valence-electron chi connectivity index (χ4n) is 2.58. The molecular formula is C14H14ClFN2S. The first-order chi connectivity index (χ1) is 9.25. The lowest BCUT2D eigenvalue weighted by Gasteiger charge is -2.23. The standard InChI is InChI=1S/C14H14ClFN2S/c15-11-3-1-4-12(16)10(11)9-18-7-2-5-13(18)14-17-6-8-19-14/h1,3-4,6,8,13H,2,5,7,9H2/t13-/m1/s1. The van der Waals surface area contributed by atoms with Crippen LogP contribution in [-0.4, -0.2) is 16.4 Å². The summed E-state index contributed by atoms with van der Waals surface area (Å²) in [6.07, 6.45) is 4.03. The number of nitrogens with zero attached hydrogens (tertiary/aromatic N) is 2. The molecule has 1 aromatic carbocycles. The van der Waals surface area contributed by atoms with Crippen molar-refractivity contribution >= 4 is 22.9 Å². The molecular weight excluding hydrogens is 283 g/mol. The van der Waals surface area contributed by atoms with Gasteiger partial charge in [-0.05, 0) is 31.5 Å². The maximum Gasteiger partial charge on any atom is 0.129 e. The summed E-state index contributed by atoms with van der Waals surface area (Å²) in [5.74, 6) is -0.225. The van der Waals surface area contributed by atoms with E-state index in [1.54, 1.807) is 23.5 Å². The molecule has 0 unspecified atom stereocenters. The second-order valence-electron chi connectivity index (χ2n) is 4.70. The van der Waals surface area contributed by atoms with Crippen LogP contribution < -0.4 is 0 Å². The van der Waals surface area contributed by atoms with E-state index >= 15 is 0 Å². The molecule has 19 heavy (non-hydrogen) atoms. The Hall–Kier alpha value is -0.970. The lowest BCUT2D eigenvalue weighted by molar-refractivity contribution is 0.244. The number of halogens is 2. The van der Waals surface area contributed by atoms with Gasteiger partial charge in [0.1, 0.15) is 10.8 Å². The van der Waals surface area contributed by atoms with Gasteiger partial charge in [-0.15, -0.1) is 11.3 Å². The maximum atomic E-state index is 13.8. The highest BCUT2D eigenvalue weighted by molar-refractivity contribution is 7.09. The highest BCUT2D eigenvalue weighted by Crippen LogP contribution is 2.35. The first kappa shape index (κ1) is 13.0. The van der Waals surface area contributed by atoms with Crippen LogP contribution >= 0.6 is 22.9 Å². The maximum absolute atomic E-state index is 13.8. The summed E-state index contributed by atoms with van der Waals surface area (Å²) >= 11 is 7.76. The number of hydrogen-bond acceptors (Lipinski definition) is 3. The predicted octanol–water partition coefficient (Wildman–Crippen LogP) is 4.27. The van der Waals surface area contributed by atoms with E-state index in [1.165, 1.54) is 6.07 Å². The topological polar surface area (TPSA) is 16.1 Å². The van der Waals surface area contributed by atoms with Gasteiger partial charge < -0.3 is 0 Å². The number of hydrogen-bond donors (Lipinski definition) is 0. The molecule has 0 spiro atoms. The summed E-state index contributed by atoms with van der Waals surface area (Å²) in [5.41, 5.74) is 0.590. The van der Waals surface area contributed by atoms with Crippen molar-refractivity contribution in [3.8, 4) is 0 Å². The molecule has 2 nitrogen and oxygen atoms in total.